The number of amides is 1. The monoisotopic (exact) mass is 327 g/mol. The zero-order valence-electron chi connectivity index (χ0n) is 7.19. The van der Waals surface area contributed by atoms with Gasteiger partial charge in [0, 0.05) is 15.7 Å². The van der Waals surface area contributed by atoms with Crippen LogP contribution in [0, 0.1) is 3.57 Å². The molecule has 0 spiro atoms. The smallest absolute Gasteiger partial charge is 0.251 e. The number of halogens is 3. The molecule has 1 rings (SSSR count). The summed E-state index contributed by atoms with van der Waals surface area (Å²) in [5.41, 5.74) is 0.448. The second kappa shape index (κ2) is 5.50. The summed E-state index contributed by atoms with van der Waals surface area (Å²) in [5, 5.41) is 2.95. The maximum absolute atomic E-state index is 11.8. The van der Waals surface area contributed by atoms with Gasteiger partial charge in [0.2, 0.25) is 0 Å². The molecule has 0 aliphatic heterocycles. The van der Waals surface area contributed by atoms with Crippen LogP contribution in [0.3, 0.4) is 0 Å². The largest absolute Gasteiger partial charge is 0.349 e. The molecule has 1 aromatic carbocycles. The molecule has 0 saturated heterocycles. The number of benzene rings is 1. The first-order valence-corrected chi connectivity index (χ1v) is 5.40. The van der Waals surface area contributed by atoms with Gasteiger partial charge in [0.05, 0.1) is 5.02 Å². The molecule has 5 heteroatoms. The molecule has 0 bridgehead atoms. The second-order valence-electron chi connectivity index (χ2n) is 2.57. The highest BCUT2D eigenvalue weighted by molar-refractivity contribution is 14.1. The van der Waals surface area contributed by atoms with Crippen molar-refractivity contribution in [3.63, 3.8) is 0 Å². The van der Waals surface area contributed by atoms with E-state index in [1.807, 2.05) is 0 Å². The molecular formula is C9H8ClFINO. The van der Waals surface area contributed by atoms with Gasteiger partial charge in [0.1, 0.15) is 6.67 Å². The zero-order chi connectivity index (χ0) is 10.6. The molecule has 2 nitrogen and oxygen atoms in total. The van der Waals surface area contributed by atoms with Crippen molar-refractivity contribution in [2.75, 3.05) is 13.2 Å². The van der Waals surface area contributed by atoms with Gasteiger partial charge in [-0.1, -0.05) is 11.6 Å². The molecule has 0 fully saturated rings. The zero-order valence-corrected chi connectivity index (χ0v) is 10.1. The fourth-order valence-corrected chi connectivity index (χ4v) is 1.42. The lowest BCUT2D eigenvalue weighted by Crippen LogP contribution is -2.25. The lowest BCUT2D eigenvalue weighted by Gasteiger charge is -2.03. The van der Waals surface area contributed by atoms with Gasteiger partial charge in [-0.25, -0.2) is 4.39 Å². The highest BCUT2D eigenvalue weighted by atomic mass is 127. The summed E-state index contributed by atoms with van der Waals surface area (Å²) >= 11 is 7.90. The van der Waals surface area contributed by atoms with E-state index >= 15 is 0 Å². The third-order valence-electron chi connectivity index (χ3n) is 1.56. The van der Waals surface area contributed by atoms with Crippen molar-refractivity contribution in [3.05, 3.63) is 32.4 Å². The molecule has 0 aromatic heterocycles. The van der Waals surface area contributed by atoms with Crippen LogP contribution in [-0.2, 0) is 0 Å². The minimum absolute atomic E-state index is 0.0302. The van der Waals surface area contributed by atoms with Gasteiger partial charge in [-0.2, -0.15) is 0 Å². The summed E-state index contributed by atoms with van der Waals surface area (Å²) in [4.78, 5) is 11.3. The number of carbonyl (C=O) groups excluding carboxylic acids is 1. The van der Waals surface area contributed by atoms with E-state index in [-0.39, 0.29) is 12.5 Å². The van der Waals surface area contributed by atoms with E-state index in [1.54, 1.807) is 18.2 Å². The van der Waals surface area contributed by atoms with Crippen LogP contribution in [0.25, 0.3) is 0 Å². The number of carbonyl (C=O) groups is 1. The van der Waals surface area contributed by atoms with E-state index in [1.165, 1.54) is 0 Å². The third kappa shape index (κ3) is 3.09. The number of hydrogen-bond donors (Lipinski definition) is 1. The van der Waals surface area contributed by atoms with Crippen LogP contribution in [0.4, 0.5) is 4.39 Å². The SMILES string of the molecule is O=C(NCCF)c1ccc(I)c(Cl)c1. The van der Waals surface area contributed by atoms with Crippen molar-refractivity contribution in [1.29, 1.82) is 0 Å². The molecule has 1 aromatic rings. The lowest BCUT2D eigenvalue weighted by atomic mass is 10.2. The number of rotatable bonds is 3. The summed E-state index contributed by atoms with van der Waals surface area (Å²) in [6.07, 6.45) is 0. The van der Waals surface area contributed by atoms with Crippen LogP contribution >= 0.6 is 34.2 Å². The highest BCUT2D eigenvalue weighted by Gasteiger charge is 2.06. The van der Waals surface area contributed by atoms with Crippen LogP contribution in [0.5, 0.6) is 0 Å². The molecule has 76 valence electrons. The molecule has 0 radical (unpaired) electrons. The maximum Gasteiger partial charge on any atom is 0.251 e. The van der Waals surface area contributed by atoms with Crippen molar-refractivity contribution in [3.8, 4) is 0 Å². The van der Waals surface area contributed by atoms with E-state index in [0.717, 1.165) is 3.57 Å². The molecule has 0 saturated carbocycles. The Morgan fingerprint density at radius 2 is 2.29 bits per heavy atom. The van der Waals surface area contributed by atoms with Gasteiger partial charge in [-0.05, 0) is 40.8 Å². The van der Waals surface area contributed by atoms with E-state index in [2.05, 4.69) is 27.9 Å². The first kappa shape index (κ1) is 11.7. The first-order valence-electron chi connectivity index (χ1n) is 3.94. The van der Waals surface area contributed by atoms with Crippen molar-refractivity contribution < 1.29 is 9.18 Å². The van der Waals surface area contributed by atoms with Gasteiger partial charge < -0.3 is 5.32 Å². The Hall–Kier alpha value is -0.360. The van der Waals surface area contributed by atoms with Crippen LogP contribution in [0.2, 0.25) is 5.02 Å². The fraction of sp³-hybridized carbons (Fsp3) is 0.222. The number of nitrogens with one attached hydrogen (secondary N) is 1. The molecule has 0 heterocycles. The van der Waals surface area contributed by atoms with Crippen LogP contribution in [-0.4, -0.2) is 19.1 Å². The second-order valence-corrected chi connectivity index (χ2v) is 4.14. The topological polar surface area (TPSA) is 29.1 Å². The Kier molecular flexibility index (Phi) is 4.60. The minimum atomic E-state index is -0.566. The van der Waals surface area contributed by atoms with Gasteiger partial charge >= 0.3 is 0 Å². The van der Waals surface area contributed by atoms with Crippen LogP contribution < -0.4 is 5.32 Å². The van der Waals surface area contributed by atoms with Gasteiger partial charge in [-0.15, -0.1) is 0 Å². The molecule has 1 N–H and O–H groups in total. The average molecular weight is 328 g/mol. The van der Waals surface area contributed by atoms with Gasteiger partial charge in [-0.3, -0.25) is 4.79 Å². The summed E-state index contributed by atoms with van der Waals surface area (Å²) in [7, 11) is 0. The predicted octanol–water partition coefficient (Wildman–Crippen LogP) is 2.64. The Morgan fingerprint density at radius 3 is 2.86 bits per heavy atom. The summed E-state index contributed by atoms with van der Waals surface area (Å²) < 4.78 is 12.7. The fourth-order valence-electron chi connectivity index (χ4n) is 0.900. The van der Waals surface area contributed by atoms with Crippen molar-refractivity contribution in [2.45, 2.75) is 0 Å². The average Bonchev–Trinajstić information content (AvgIpc) is 2.18. The normalized spacial score (nSPS) is 9.93. The van der Waals surface area contributed by atoms with Crippen LogP contribution in [0.1, 0.15) is 10.4 Å². The quantitative estimate of drug-likeness (QED) is 0.850. The van der Waals surface area contributed by atoms with Crippen LogP contribution in [0.15, 0.2) is 18.2 Å². The van der Waals surface area contributed by atoms with E-state index < -0.39 is 6.67 Å². The Bertz CT molecular complexity index is 346. The third-order valence-corrected chi connectivity index (χ3v) is 3.13. The van der Waals surface area contributed by atoms with E-state index in [0.29, 0.717) is 10.6 Å². The minimum Gasteiger partial charge on any atom is -0.349 e. The number of alkyl halides is 1. The van der Waals surface area contributed by atoms with Crippen molar-refractivity contribution >= 4 is 40.1 Å². The maximum atomic E-state index is 11.8. The summed E-state index contributed by atoms with van der Waals surface area (Å²) in [6, 6.07) is 4.96. The van der Waals surface area contributed by atoms with Crippen molar-refractivity contribution in [2.24, 2.45) is 0 Å². The highest BCUT2D eigenvalue weighted by Crippen LogP contribution is 2.19. The summed E-state index contributed by atoms with van der Waals surface area (Å²) in [5.74, 6) is -0.305. The van der Waals surface area contributed by atoms with Gasteiger partial charge in [0.25, 0.3) is 5.91 Å². The number of hydrogen-bond acceptors (Lipinski definition) is 1. The van der Waals surface area contributed by atoms with Crippen molar-refractivity contribution in [1.82, 2.24) is 5.32 Å². The molecule has 0 atom stereocenters. The Labute approximate surface area is 100.0 Å². The molecule has 0 aliphatic carbocycles. The molecule has 0 aliphatic rings. The molecule has 14 heavy (non-hydrogen) atoms. The molecule has 1 amide bonds. The first-order chi connectivity index (χ1) is 6.65. The van der Waals surface area contributed by atoms with E-state index in [4.69, 9.17) is 11.6 Å². The molecule has 0 unspecified atom stereocenters. The molecular weight excluding hydrogens is 319 g/mol. The Balaban J connectivity index is 2.76. The van der Waals surface area contributed by atoms with E-state index in [9.17, 15) is 9.18 Å². The Morgan fingerprint density at radius 1 is 1.57 bits per heavy atom. The summed E-state index contributed by atoms with van der Waals surface area (Å²) in [6.45, 7) is -0.535. The van der Waals surface area contributed by atoms with Gasteiger partial charge in [0.15, 0.2) is 0 Å². The lowest BCUT2D eigenvalue weighted by molar-refractivity contribution is 0.0951. The predicted molar refractivity (Wildman–Crippen MR) is 62.5 cm³/mol. The standard InChI is InChI=1S/C9H8ClFINO/c10-7-5-6(1-2-8(7)12)9(14)13-4-3-11/h1-2,5H,3-4H2,(H,13,14).